The van der Waals surface area contributed by atoms with Crippen molar-refractivity contribution in [2.45, 2.75) is 59.2 Å². The van der Waals surface area contributed by atoms with Crippen LogP contribution in [0.1, 0.15) is 41.5 Å². The second-order valence-electron chi connectivity index (χ2n) is 5.69. The van der Waals surface area contributed by atoms with Gasteiger partial charge in [0, 0.05) is 0 Å². The quantitative estimate of drug-likeness (QED) is 0.445. The summed E-state index contributed by atoms with van der Waals surface area (Å²) in [5.74, 6) is -1.64. The topological polar surface area (TPSA) is 92.9 Å². The number of nitrogens with two attached hydrogens (primary N) is 1. The molecule has 0 fully saturated rings. The molecular formula is C12H24N2O4. The highest BCUT2D eigenvalue weighted by Crippen LogP contribution is 2.16. The van der Waals surface area contributed by atoms with Gasteiger partial charge in [0.1, 0.15) is 5.60 Å². The van der Waals surface area contributed by atoms with Crippen molar-refractivity contribution in [1.82, 2.24) is 5.06 Å². The van der Waals surface area contributed by atoms with Crippen LogP contribution in [0, 0.1) is 5.92 Å². The summed E-state index contributed by atoms with van der Waals surface area (Å²) in [5, 5.41) is 10.2. The largest absolute Gasteiger partial charge is 0.458 e. The normalized spacial score (nSPS) is 15.2. The van der Waals surface area contributed by atoms with E-state index < -0.39 is 29.6 Å². The van der Waals surface area contributed by atoms with E-state index in [1.807, 2.05) is 0 Å². The van der Waals surface area contributed by atoms with Gasteiger partial charge < -0.3 is 10.5 Å². The van der Waals surface area contributed by atoms with E-state index in [0.717, 1.165) is 0 Å². The van der Waals surface area contributed by atoms with Crippen LogP contribution in [0.2, 0.25) is 0 Å². The van der Waals surface area contributed by atoms with Crippen LogP contribution in [0.25, 0.3) is 0 Å². The molecular weight excluding hydrogens is 236 g/mol. The van der Waals surface area contributed by atoms with Gasteiger partial charge in [0.25, 0.3) is 5.91 Å². The Hall–Kier alpha value is -1.14. The molecule has 0 aromatic carbocycles. The molecule has 0 saturated heterocycles. The van der Waals surface area contributed by atoms with E-state index >= 15 is 0 Å². The summed E-state index contributed by atoms with van der Waals surface area (Å²) >= 11 is 0. The first-order valence-electron chi connectivity index (χ1n) is 5.97. The predicted octanol–water partition coefficient (Wildman–Crippen LogP) is 0.918. The second kappa shape index (κ2) is 6.15. The van der Waals surface area contributed by atoms with Crippen molar-refractivity contribution in [1.29, 1.82) is 0 Å². The van der Waals surface area contributed by atoms with E-state index in [1.165, 1.54) is 6.92 Å². The standard InChI is InChI=1S/C12H24N2O4/c1-7(2)9(11(16)18-12(4,5)6)14(17)10(15)8(3)13/h7-9,17H,13H2,1-6H3/t8-,9?/m0/s1. The zero-order valence-corrected chi connectivity index (χ0v) is 11.9. The number of hydrogen-bond donors (Lipinski definition) is 2. The Morgan fingerprint density at radius 3 is 1.94 bits per heavy atom. The molecule has 106 valence electrons. The summed E-state index contributed by atoms with van der Waals surface area (Å²) in [4.78, 5) is 23.6. The summed E-state index contributed by atoms with van der Waals surface area (Å²) in [6, 6.07) is -1.93. The molecule has 0 saturated carbocycles. The van der Waals surface area contributed by atoms with E-state index in [-0.39, 0.29) is 5.92 Å². The van der Waals surface area contributed by atoms with E-state index in [4.69, 9.17) is 10.5 Å². The smallest absolute Gasteiger partial charge is 0.332 e. The first-order valence-corrected chi connectivity index (χ1v) is 5.97. The summed E-state index contributed by atoms with van der Waals surface area (Å²) in [5.41, 5.74) is 4.72. The summed E-state index contributed by atoms with van der Waals surface area (Å²) < 4.78 is 5.18. The van der Waals surface area contributed by atoms with Gasteiger partial charge in [0.15, 0.2) is 6.04 Å². The number of ether oxygens (including phenoxy) is 1. The summed E-state index contributed by atoms with van der Waals surface area (Å²) in [7, 11) is 0. The van der Waals surface area contributed by atoms with Crippen LogP contribution in [0.3, 0.4) is 0 Å². The lowest BCUT2D eigenvalue weighted by molar-refractivity contribution is -0.198. The minimum atomic E-state index is -1.05. The third-order valence-corrected chi connectivity index (χ3v) is 2.16. The number of rotatable bonds is 4. The van der Waals surface area contributed by atoms with E-state index in [2.05, 4.69) is 0 Å². The highest BCUT2D eigenvalue weighted by Gasteiger charge is 2.36. The van der Waals surface area contributed by atoms with Gasteiger partial charge in [-0.05, 0) is 33.6 Å². The van der Waals surface area contributed by atoms with Crippen LogP contribution in [-0.4, -0.2) is 39.8 Å². The third kappa shape index (κ3) is 5.01. The van der Waals surface area contributed by atoms with Crippen LogP contribution in [0.5, 0.6) is 0 Å². The Kier molecular flexibility index (Phi) is 5.76. The first kappa shape index (κ1) is 16.9. The van der Waals surface area contributed by atoms with Gasteiger partial charge in [0.2, 0.25) is 0 Å². The molecule has 1 unspecified atom stereocenters. The lowest BCUT2D eigenvalue weighted by Crippen LogP contribution is -2.52. The van der Waals surface area contributed by atoms with Crippen LogP contribution in [0.4, 0.5) is 0 Å². The van der Waals surface area contributed by atoms with Crippen LogP contribution >= 0.6 is 0 Å². The van der Waals surface area contributed by atoms with Crippen molar-refractivity contribution < 1.29 is 19.5 Å². The molecule has 3 N–H and O–H groups in total. The molecule has 0 aromatic rings. The minimum absolute atomic E-state index is 0.285. The van der Waals surface area contributed by atoms with Crippen molar-refractivity contribution in [3.63, 3.8) is 0 Å². The molecule has 6 heteroatoms. The number of esters is 1. The van der Waals surface area contributed by atoms with E-state index in [9.17, 15) is 14.8 Å². The Morgan fingerprint density at radius 1 is 1.22 bits per heavy atom. The van der Waals surface area contributed by atoms with Gasteiger partial charge >= 0.3 is 5.97 Å². The number of hydroxylamine groups is 2. The lowest BCUT2D eigenvalue weighted by atomic mass is 10.0. The Morgan fingerprint density at radius 2 is 1.67 bits per heavy atom. The molecule has 0 aliphatic heterocycles. The van der Waals surface area contributed by atoms with Gasteiger partial charge in [-0.3, -0.25) is 10.0 Å². The zero-order chi connectivity index (χ0) is 14.7. The molecule has 0 aromatic heterocycles. The zero-order valence-electron chi connectivity index (χ0n) is 11.9. The number of amides is 1. The molecule has 0 rings (SSSR count). The van der Waals surface area contributed by atoms with Gasteiger partial charge in [0.05, 0.1) is 6.04 Å². The fraction of sp³-hybridized carbons (Fsp3) is 0.833. The Labute approximate surface area is 108 Å². The fourth-order valence-electron chi connectivity index (χ4n) is 1.36. The van der Waals surface area contributed by atoms with Crippen molar-refractivity contribution >= 4 is 11.9 Å². The molecule has 0 bridgehead atoms. The SMILES string of the molecule is CC(C)C(C(=O)OC(C)(C)C)N(O)C(=O)[C@H](C)N. The maximum absolute atomic E-state index is 12.0. The van der Waals surface area contributed by atoms with E-state index in [1.54, 1.807) is 34.6 Å². The average molecular weight is 260 g/mol. The van der Waals surface area contributed by atoms with Gasteiger partial charge in [-0.25, -0.2) is 9.86 Å². The van der Waals surface area contributed by atoms with Crippen molar-refractivity contribution in [3.05, 3.63) is 0 Å². The lowest BCUT2D eigenvalue weighted by Gasteiger charge is -2.31. The molecule has 18 heavy (non-hydrogen) atoms. The molecule has 0 aliphatic rings. The number of nitrogens with zero attached hydrogens (tertiary/aromatic N) is 1. The summed E-state index contributed by atoms with van der Waals surface area (Å²) in [6.07, 6.45) is 0. The maximum atomic E-state index is 12.0. The van der Waals surface area contributed by atoms with Crippen molar-refractivity contribution in [3.8, 4) is 0 Å². The Bertz CT molecular complexity index is 308. The van der Waals surface area contributed by atoms with Gasteiger partial charge in [-0.2, -0.15) is 0 Å². The van der Waals surface area contributed by atoms with Gasteiger partial charge in [-0.1, -0.05) is 13.8 Å². The summed E-state index contributed by atoms with van der Waals surface area (Å²) in [6.45, 7) is 10.0. The number of carbonyl (C=O) groups is 2. The fourth-order valence-corrected chi connectivity index (χ4v) is 1.36. The maximum Gasteiger partial charge on any atom is 0.332 e. The highest BCUT2D eigenvalue weighted by molar-refractivity contribution is 5.86. The number of carbonyl (C=O) groups excluding carboxylic acids is 2. The molecule has 0 radical (unpaired) electrons. The molecule has 6 nitrogen and oxygen atoms in total. The number of hydrogen-bond acceptors (Lipinski definition) is 5. The van der Waals surface area contributed by atoms with Crippen molar-refractivity contribution in [2.75, 3.05) is 0 Å². The molecule has 2 atom stereocenters. The minimum Gasteiger partial charge on any atom is -0.458 e. The molecule has 0 heterocycles. The molecule has 0 aliphatic carbocycles. The predicted molar refractivity (Wildman–Crippen MR) is 66.8 cm³/mol. The first-order chi connectivity index (χ1) is 7.97. The van der Waals surface area contributed by atoms with Crippen LogP contribution in [-0.2, 0) is 14.3 Å². The monoisotopic (exact) mass is 260 g/mol. The molecule has 1 amide bonds. The van der Waals surface area contributed by atoms with Crippen molar-refractivity contribution in [2.24, 2.45) is 11.7 Å². The van der Waals surface area contributed by atoms with Crippen LogP contribution in [0.15, 0.2) is 0 Å². The van der Waals surface area contributed by atoms with E-state index in [0.29, 0.717) is 5.06 Å². The third-order valence-electron chi connectivity index (χ3n) is 2.16. The van der Waals surface area contributed by atoms with Gasteiger partial charge in [-0.15, -0.1) is 0 Å². The highest BCUT2D eigenvalue weighted by atomic mass is 16.6. The molecule has 0 spiro atoms. The van der Waals surface area contributed by atoms with Crippen LogP contribution < -0.4 is 5.73 Å². The Balaban J connectivity index is 4.98. The average Bonchev–Trinajstić information content (AvgIpc) is 2.12. The second-order valence-corrected chi connectivity index (χ2v) is 5.69.